The molecule has 2 heterocycles. The molecule has 1 aromatic carbocycles. The minimum Gasteiger partial charge on any atom is -0.477 e. The third-order valence-corrected chi connectivity index (χ3v) is 2.96. The first-order valence-electron chi connectivity index (χ1n) is 5.24. The molecule has 0 saturated carbocycles. The number of allylic oxidation sites excluding steroid dienone is 1. The van der Waals surface area contributed by atoms with E-state index in [1.54, 1.807) is 16.7 Å². The first kappa shape index (κ1) is 12.4. The van der Waals surface area contributed by atoms with E-state index in [9.17, 15) is 9.59 Å². The summed E-state index contributed by atoms with van der Waals surface area (Å²) in [7, 11) is 0. The van der Waals surface area contributed by atoms with Gasteiger partial charge in [0, 0.05) is 18.1 Å². The van der Waals surface area contributed by atoms with E-state index in [1.807, 2.05) is 18.2 Å². The average molecular weight is 264 g/mol. The number of aromatic nitrogens is 1. The highest BCUT2D eigenvalue weighted by molar-refractivity contribution is 5.95. The van der Waals surface area contributed by atoms with Crippen molar-refractivity contribution in [2.75, 3.05) is 0 Å². The molecule has 0 bridgehead atoms. The molecule has 3 rings (SSSR count). The van der Waals surface area contributed by atoms with Crippen molar-refractivity contribution in [3.05, 3.63) is 51.8 Å². The number of para-hydroxylation sites is 1. The lowest BCUT2D eigenvalue weighted by molar-refractivity contribution is 0.0695. The molecule has 92 valence electrons. The summed E-state index contributed by atoms with van der Waals surface area (Å²) in [5.41, 5.74) is 1.17. The normalized spacial score (nSPS) is 12.2. The molecule has 0 aliphatic carbocycles. The van der Waals surface area contributed by atoms with Crippen molar-refractivity contribution in [3.63, 3.8) is 0 Å². The molecule has 2 aromatic rings. The van der Waals surface area contributed by atoms with E-state index < -0.39 is 11.4 Å². The van der Waals surface area contributed by atoms with Gasteiger partial charge in [-0.3, -0.25) is 4.79 Å². The second-order valence-corrected chi connectivity index (χ2v) is 3.98. The van der Waals surface area contributed by atoms with Gasteiger partial charge in [-0.05, 0) is 11.6 Å². The quantitative estimate of drug-likeness (QED) is 0.858. The predicted octanol–water partition coefficient (Wildman–Crippen LogP) is 2.15. The fourth-order valence-corrected chi connectivity index (χ4v) is 2.21. The largest absolute Gasteiger partial charge is 0.477 e. The van der Waals surface area contributed by atoms with E-state index in [0.29, 0.717) is 11.9 Å². The number of nitrogens with zero attached hydrogens (tertiary/aromatic N) is 1. The standard InChI is InChI=1S/C13H9NO3.ClH/c15-12-9-5-1-3-8-4-2-6-14(11(8)9)7-10(12)13(16)17;/h1-5,7H,6H2,(H,16,17);1H. The molecule has 5 heteroatoms. The Hall–Kier alpha value is -2.07. The summed E-state index contributed by atoms with van der Waals surface area (Å²) < 4.78 is 1.80. The number of halogens is 1. The van der Waals surface area contributed by atoms with Crippen LogP contribution in [0.25, 0.3) is 17.0 Å². The van der Waals surface area contributed by atoms with E-state index in [-0.39, 0.29) is 18.0 Å². The molecule has 0 unspecified atom stereocenters. The molecule has 1 N–H and O–H groups in total. The van der Waals surface area contributed by atoms with Crippen LogP contribution in [0, 0.1) is 0 Å². The molecular formula is C13H10ClNO3. The number of carbonyl (C=O) groups is 1. The van der Waals surface area contributed by atoms with Gasteiger partial charge in [-0.25, -0.2) is 4.79 Å². The SMILES string of the molecule is Cl.O=C(O)c1cn2c3c(cccc3c1=O)C=CC2. The topological polar surface area (TPSA) is 59.3 Å². The lowest BCUT2D eigenvalue weighted by Crippen LogP contribution is -2.20. The molecule has 18 heavy (non-hydrogen) atoms. The lowest BCUT2D eigenvalue weighted by atomic mass is 10.0. The van der Waals surface area contributed by atoms with Crippen LogP contribution in [0.4, 0.5) is 0 Å². The van der Waals surface area contributed by atoms with Crippen LogP contribution >= 0.6 is 12.4 Å². The van der Waals surface area contributed by atoms with Gasteiger partial charge < -0.3 is 9.67 Å². The van der Waals surface area contributed by atoms with Crippen molar-refractivity contribution >= 4 is 35.4 Å². The smallest absolute Gasteiger partial charge is 0.341 e. The van der Waals surface area contributed by atoms with Gasteiger partial charge in [0.1, 0.15) is 5.56 Å². The Morgan fingerprint density at radius 2 is 2.11 bits per heavy atom. The van der Waals surface area contributed by atoms with Gasteiger partial charge in [0.25, 0.3) is 0 Å². The van der Waals surface area contributed by atoms with Crippen LogP contribution in [-0.2, 0) is 6.54 Å². The Balaban J connectivity index is 0.00000120. The Bertz CT molecular complexity index is 731. The molecule has 1 aliphatic rings. The maximum Gasteiger partial charge on any atom is 0.341 e. The minimum absolute atomic E-state index is 0. The maximum atomic E-state index is 12.0. The van der Waals surface area contributed by atoms with Crippen LogP contribution in [0.15, 0.2) is 35.3 Å². The molecule has 0 radical (unpaired) electrons. The molecule has 1 aliphatic heterocycles. The van der Waals surface area contributed by atoms with E-state index in [4.69, 9.17) is 5.11 Å². The molecule has 1 aromatic heterocycles. The zero-order valence-corrected chi connectivity index (χ0v) is 10.1. The van der Waals surface area contributed by atoms with Crippen LogP contribution in [0.3, 0.4) is 0 Å². The van der Waals surface area contributed by atoms with Gasteiger partial charge in [-0.15, -0.1) is 12.4 Å². The third-order valence-electron chi connectivity index (χ3n) is 2.96. The van der Waals surface area contributed by atoms with Gasteiger partial charge in [0.05, 0.1) is 5.52 Å². The summed E-state index contributed by atoms with van der Waals surface area (Å²) in [6, 6.07) is 5.35. The summed E-state index contributed by atoms with van der Waals surface area (Å²) >= 11 is 0. The molecule has 0 atom stereocenters. The second-order valence-electron chi connectivity index (χ2n) is 3.98. The summed E-state index contributed by atoms with van der Waals surface area (Å²) in [4.78, 5) is 23.0. The monoisotopic (exact) mass is 263 g/mol. The van der Waals surface area contributed by atoms with Gasteiger partial charge in [0.2, 0.25) is 5.43 Å². The molecule has 0 saturated heterocycles. The van der Waals surface area contributed by atoms with E-state index in [0.717, 1.165) is 11.1 Å². The fourth-order valence-electron chi connectivity index (χ4n) is 2.21. The van der Waals surface area contributed by atoms with Crippen molar-refractivity contribution in [2.45, 2.75) is 6.54 Å². The number of rotatable bonds is 1. The fraction of sp³-hybridized carbons (Fsp3) is 0.0769. The number of carboxylic acid groups (broad SMARTS) is 1. The zero-order chi connectivity index (χ0) is 12.0. The Morgan fingerprint density at radius 1 is 1.33 bits per heavy atom. The van der Waals surface area contributed by atoms with Crippen molar-refractivity contribution < 1.29 is 9.90 Å². The molecule has 0 spiro atoms. The van der Waals surface area contributed by atoms with E-state index >= 15 is 0 Å². The number of benzene rings is 1. The van der Waals surface area contributed by atoms with Crippen molar-refractivity contribution in [2.24, 2.45) is 0 Å². The highest BCUT2D eigenvalue weighted by atomic mass is 35.5. The van der Waals surface area contributed by atoms with Crippen LogP contribution in [0.1, 0.15) is 15.9 Å². The van der Waals surface area contributed by atoms with Crippen LogP contribution in [0.2, 0.25) is 0 Å². The highest BCUT2D eigenvalue weighted by Crippen LogP contribution is 2.21. The first-order valence-corrected chi connectivity index (χ1v) is 5.24. The number of hydrogen-bond acceptors (Lipinski definition) is 2. The summed E-state index contributed by atoms with van der Waals surface area (Å²) in [6.07, 6.45) is 5.31. The number of hydrogen-bond donors (Lipinski definition) is 1. The minimum atomic E-state index is -1.18. The van der Waals surface area contributed by atoms with Gasteiger partial charge >= 0.3 is 5.97 Å². The summed E-state index contributed by atoms with van der Waals surface area (Å²) in [6.45, 7) is 0.591. The van der Waals surface area contributed by atoms with Crippen molar-refractivity contribution in [1.29, 1.82) is 0 Å². The van der Waals surface area contributed by atoms with Gasteiger partial charge in [-0.2, -0.15) is 0 Å². The number of aromatic carboxylic acids is 1. The molecule has 0 fully saturated rings. The molecule has 4 nitrogen and oxygen atoms in total. The number of carboxylic acids is 1. The maximum absolute atomic E-state index is 12.0. The zero-order valence-electron chi connectivity index (χ0n) is 9.29. The predicted molar refractivity (Wildman–Crippen MR) is 71.4 cm³/mol. The number of pyridine rings is 1. The first-order chi connectivity index (χ1) is 8.18. The average Bonchev–Trinajstić information content (AvgIpc) is 2.33. The molecule has 0 amide bonds. The molecular weight excluding hydrogens is 254 g/mol. The van der Waals surface area contributed by atoms with Crippen LogP contribution < -0.4 is 5.43 Å². The second kappa shape index (κ2) is 4.31. The van der Waals surface area contributed by atoms with E-state index in [1.165, 1.54) is 6.20 Å². The lowest BCUT2D eigenvalue weighted by Gasteiger charge is -2.15. The van der Waals surface area contributed by atoms with Crippen molar-refractivity contribution in [1.82, 2.24) is 4.57 Å². The summed E-state index contributed by atoms with van der Waals surface area (Å²) in [5, 5.41) is 9.47. The van der Waals surface area contributed by atoms with Crippen molar-refractivity contribution in [3.8, 4) is 0 Å². The Kier molecular flexibility index (Phi) is 2.97. The van der Waals surface area contributed by atoms with Crippen LogP contribution in [0.5, 0.6) is 0 Å². The Morgan fingerprint density at radius 3 is 2.83 bits per heavy atom. The third kappa shape index (κ3) is 1.62. The Labute approximate surface area is 109 Å². The van der Waals surface area contributed by atoms with Gasteiger partial charge in [-0.1, -0.05) is 24.3 Å². The van der Waals surface area contributed by atoms with Crippen LogP contribution in [-0.4, -0.2) is 15.6 Å². The van der Waals surface area contributed by atoms with Gasteiger partial charge in [0.15, 0.2) is 0 Å². The highest BCUT2D eigenvalue weighted by Gasteiger charge is 2.16. The summed E-state index contributed by atoms with van der Waals surface area (Å²) in [5.74, 6) is -1.18. The van der Waals surface area contributed by atoms with E-state index in [2.05, 4.69) is 0 Å².